The number of amides is 10. The lowest BCUT2D eigenvalue weighted by molar-refractivity contribution is -0.139. The van der Waals surface area contributed by atoms with Crippen molar-refractivity contribution in [2.75, 3.05) is 33.7 Å². The highest BCUT2D eigenvalue weighted by Gasteiger charge is 2.43. The van der Waals surface area contributed by atoms with Gasteiger partial charge in [0.05, 0.1) is 5.54 Å². The molecule has 2 saturated carbocycles. The molecular weight excluding hydrogens is 1060 g/mol. The van der Waals surface area contributed by atoms with Gasteiger partial charge in [-0.1, -0.05) is 73.6 Å². The van der Waals surface area contributed by atoms with Crippen LogP contribution in [-0.4, -0.2) is 160 Å². The molecule has 3 aliphatic rings. The highest BCUT2D eigenvalue weighted by molar-refractivity contribution is 6.00. The molecule has 0 bridgehead atoms. The Balaban J connectivity index is 1.41. The maximum absolute atomic E-state index is 14.4. The number of aryl methyl sites for hydroxylation is 1. The van der Waals surface area contributed by atoms with Crippen molar-refractivity contribution in [1.29, 1.82) is 0 Å². The van der Waals surface area contributed by atoms with E-state index in [1.807, 2.05) is 60.5 Å². The molecule has 0 radical (unpaired) electrons. The lowest BCUT2D eigenvalue weighted by Crippen LogP contribution is -2.65. The van der Waals surface area contributed by atoms with Gasteiger partial charge in [0.25, 0.3) is 5.91 Å². The molecule has 83 heavy (non-hydrogen) atoms. The Labute approximate surface area is 492 Å². The molecule has 1 aromatic rings. The summed E-state index contributed by atoms with van der Waals surface area (Å²) in [5, 5.41) is 25.5. The summed E-state index contributed by atoms with van der Waals surface area (Å²) in [4.78, 5) is 146. The summed E-state index contributed by atoms with van der Waals surface area (Å²) in [5.74, 6) is -5.27. The molecule has 3 fully saturated rings. The first kappa shape index (κ1) is 69.4. The summed E-state index contributed by atoms with van der Waals surface area (Å²) in [6.07, 6.45) is 11.9. The van der Waals surface area contributed by atoms with Crippen molar-refractivity contribution in [3.8, 4) is 0 Å². The molecule has 1 aliphatic heterocycles. The van der Waals surface area contributed by atoms with Crippen LogP contribution in [0.2, 0.25) is 0 Å². The maximum Gasteiger partial charge on any atom is 0.276 e. The topological polar surface area (TPSA) is 311 Å². The minimum Gasteiger partial charge on any atom is -0.448 e. The fraction of sp³-hybridized carbons (Fsp3) is 0.783. The van der Waals surface area contributed by atoms with Gasteiger partial charge < -0.3 is 62.1 Å². The van der Waals surface area contributed by atoms with Crippen LogP contribution in [0.5, 0.6) is 0 Å². The minimum atomic E-state index is -1.64. The monoisotopic (exact) mass is 1170 g/mol. The van der Waals surface area contributed by atoms with Gasteiger partial charge >= 0.3 is 0 Å². The van der Waals surface area contributed by atoms with E-state index in [-0.39, 0.29) is 67.1 Å². The molecule has 2 aliphatic carbocycles. The zero-order valence-corrected chi connectivity index (χ0v) is 52.5. The highest BCUT2D eigenvalue weighted by atomic mass is 16.3. The normalized spacial score (nSPS) is 18.1. The van der Waals surface area contributed by atoms with Gasteiger partial charge in [0, 0.05) is 33.0 Å². The highest BCUT2D eigenvalue weighted by Crippen LogP contribution is 2.32. The Morgan fingerprint density at radius 1 is 0.639 bits per heavy atom. The number of aromatic nitrogens is 1. The molecule has 0 aromatic carbocycles. The molecule has 9 N–H and O–H groups in total. The maximum atomic E-state index is 14.4. The number of likely N-dealkylation sites (tertiary alicyclic amines) is 1. The Hall–Kier alpha value is -6.13. The van der Waals surface area contributed by atoms with Gasteiger partial charge in [0.2, 0.25) is 53.2 Å². The third-order valence-electron chi connectivity index (χ3n) is 15.9. The summed E-state index contributed by atoms with van der Waals surface area (Å²) >= 11 is 0. The fourth-order valence-electron chi connectivity index (χ4n) is 11.1. The Morgan fingerprint density at radius 3 is 1.65 bits per heavy atom. The standard InChI is InChI=1S/C60H102N12O11/c1-36(2)31-42(49(75)65-44(33-38(5)6)51(77)69-59(12,13)56(82)70-57(8,9)54(80)61-29-26-47(73)67-60(27-20-28-60)35-71(14)15)66-55(81)58(10,11)68-50(76)43(32-37(3)4)64-48(74)41(25-24-40-21-17-16-18-22-40)63-52(78)46-23-19-30-72(46)53(79)45-34-83-39(7)62-45/h34,36-38,40-44,46H,16-33,35H2,1-15H3,(H,61,80)(H,63,78)(H,64,74)(H,65,75)(H,66,81)(H,67,73)(H,68,76)(H,69,77)(H,70,82)/t41?,42?,43?,44?,46-/m0/s1. The van der Waals surface area contributed by atoms with Gasteiger partial charge in [-0.3, -0.25) is 47.9 Å². The predicted octanol–water partition coefficient (Wildman–Crippen LogP) is 3.82. The molecule has 10 amide bonds. The summed E-state index contributed by atoms with van der Waals surface area (Å²) in [5.41, 5.74) is -4.85. The van der Waals surface area contributed by atoms with E-state index in [9.17, 15) is 47.9 Å². The van der Waals surface area contributed by atoms with E-state index >= 15 is 0 Å². The van der Waals surface area contributed by atoms with Crippen LogP contribution in [0.25, 0.3) is 0 Å². The number of carbonyl (C=O) groups excluding carboxylic acids is 10. The molecule has 1 saturated heterocycles. The minimum absolute atomic E-state index is 0.0473. The molecule has 4 unspecified atom stereocenters. The van der Waals surface area contributed by atoms with Gasteiger partial charge in [-0.2, -0.15) is 0 Å². The van der Waals surface area contributed by atoms with Crippen molar-refractivity contribution in [3.05, 3.63) is 17.8 Å². The zero-order valence-electron chi connectivity index (χ0n) is 52.5. The van der Waals surface area contributed by atoms with Gasteiger partial charge in [-0.05, 0) is 144 Å². The molecule has 4 rings (SSSR count). The van der Waals surface area contributed by atoms with E-state index in [0.717, 1.165) is 57.9 Å². The van der Waals surface area contributed by atoms with Crippen molar-refractivity contribution in [1.82, 2.24) is 62.6 Å². The Kier molecular flexibility index (Phi) is 25.6. The molecule has 468 valence electrons. The first-order chi connectivity index (χ1) is 38.6. The second-order valence-corrected chi connectivity index (χ2v) is 26.8. The van der Waals surface area contributed by atoms with Crippen molar-refractivity contribution < 1.29 is 52.4 Å². The first-order valence-electron chi connectivity index (χ1n) is 30.3. The lowest BCUT2D eigenvalue weighted by Gasteiger charge is -2.44. The smallest absolute Gasteiger partial charge is 0.276 e. The summed E-state index contributed by atoms with van der Waals surface area (Å²) in [6.45, 7) is 22.9. The van der Waals surface area contributed by atoms with Crippen molar-refractivity contribution >= 4 is 59.1 Å². The van der Waals surface area contributed by atoms with Crippen LogP contribution in [0.15, 0.2) is 10.7 Å². The molecular formula is C60H102N12O11. The van der Waals surface area contributed by atoms with E-state index in [1.165, 1.54) is 52.7 Å². The molecule has 2 heterocycles. The van der Waals surface area contributed by atoms with Gasteiger partial charge in [0.1, 0.15) is 53.1 Å². The third-order valence-corrected chi connectivity index (χ3v) is 15.9. The largest absolute Gasteiger partial charge is 0.448 e. The number of hydrogen-bond acceptors (Lipinski definition) is 13. The molecule has 0 spiro atoms. The SMILES string of the molecule is Cc1nc(C(=O)N2CCC[C@H]2C(=O)NC(CCC2CCCCC2)C(=O)NC(CC(C)C)C(=O)NC(C)(C)C(=O)NC(CC(C)C)C(=O)NC(CC(C)C)C(=O)NC(C)(C)C(=O)NC(C)(C)C(=O)NCCC(=O)NC2(CN(C)C)CCC2)co1. The number of carbonyl (C=O) groups is 10. The van der Waals surface area contributed by atoms with Crippen LogP contribution >= 0.6 is 0 Å². The number of oxazole rings is 1. The lowest BCUT2D eigenvalue weighted by atomic mass is 9.76. The van der Waals surface area contributed by atoms with Gasteiger partial charge in [-0.25, -0.2) is 4.98 Å². The van der Waals surface area contributed by atoms with Crippen LogP contribution in [0.1, 0.15) is 202 Å². The number of likely N-dealkylation sites (N-methyl/N-ethyl adjacent to an activating group) is 1. The molecule has 23 heteroatoms. The fourth-order valence-corrected chi connectivity index (χ4v) is 11.1. The number of nitrogens with one attached hydrogen (secondary N) is 9. The van der Waals surface area contributed by atoms with E-state index in [0.29, 0.717) is 44.0 Å². The number of hydrogen-bond donors (Lipinski definition) is 9. The first-order valence-corrected chi connectivity index (χ1v) is 30.3. The van der Waals surface area contributed by atoms with Crippen molar-refractivity contribution in [3.63, 3.8) is 0 Å². The van der Waals surface area contributed by atoms with Gasteiger partial charge in [0.15, 0.2) is 11.6 Å². The quantitative estimate of drug-likeness (QED) is 0.0512. The summed E-state index contributed by atoms with van der Waals surface area (Å²) in [6, 6.07) is -5.34. The Bertz CT molecular complexity index is 2420. The van der Waals surface area contributed by atoms with Crippen molar-refractivity contribution in [2.24, 2.45) is 23.7 Å². The summed E-state index contributed by atoms with van der Waals surface area (Å²) in [7, 11) is 3.91. The van der Waals surface area contributed by atoms with Crippen LogP contribution in [0.3, 0.4) is 0 Å². The Morgan fingerprint density at radius 2 is 1.16 bits per heavy atom. The molecule has 23 nitrogen and oxygen atoms in total. The van der Waals surface area contributed by atoms with Crippen LogP contribution in [0.4, 0.5) is 0 Å². The average Bonchev–Trinajstić information content (AvgIpc) is 4.30. The van der Waals surface area contributed by atoms with E-state index < -0.39 is 100.0 Å². The van der Waals surface area contributed by atoms with Gasteiger partial charge in [-0.15, -0.1) is 0 Å². The van der Waals surface area contributed by atoms with E-state index in [2.05, 4.69) is 52.8 Å². The second kappa shape index (κ2) is 30.6. The summed E-state index contributed by atoms with van der Waals surface area (Å²) < 4.78 is 5.26. The predicted molar refractivity (Wildman–Crippen MR) is 315 cm³/mol. The average molecular weight is 1170 g/mol. The molecule has 1 aromatic heterocycles. The van der Waals surface area contributed by atoms with Crippen LogP contribution in [-0.2, 0) is 43.2 Å². The second-order valence-electron chi connectivity index (χ2n) is 26.8. The number of rotatable bonds is 31. The van der Waals surface area contributed by atoms with Crippen molar-refractivity contribution in [2.45, 2.75) is 245 Å². The number of nitrogens with zero attached hydrogens (tertiary/aromatic N) is 3. The van der Waals surface area contributed by atoms with E-state index in [4.69, 9.17) is 4.42 Å². The van der Waals surface area contributed by atoms with Crippen LogP contribution < -0.4 is 47.9 Å². The molecule has 5 atom stereocenters. The zero-order chi connectivity index (χ0) is 62.2. The van der Waals surface area contributed by atoms with E-state index in [1.54, 1.807) is 6.92 Å². The van der Waals surface area contributed by atoms with Crippen LogP contribution in [0, 0.1) is 30.6 Å². The third kappa shape index (κ3) is 21.5.